The first kappa shape index (κ1) is 17.0. The van der Waals surface area contributed by atoms with Crippen LogP contribution >= 0.6 is 0 Å². The van der Waals surface area contributed by atoms with Gasteiger partial charge in [-0.15, -0.1) is 0 Å². The fourth-order valence-electron chi connectivity index (χ4n) is 1.94. The van der Waals surface area contributed by atoms with E-state index in [2.05, 4.69) is 0 Å². The monoisotopic (exact) mass is 298 g/mol. The van der Waals surface area contributed by atoms with Crippen LogP contribution in [0.15, 0.2) is 17.0 Å². The van der Waals surface area contributed by atoms with Gasteiger partial charge in [-0.05, 0) is 49.4 Å². The topological polar surface area (TPSA) is 63.4 Å². The Morgan fingerprint density at radius 3 is 2.05 bits per heavy atom. The van der Waals surface area contributed by atoms with Gasteiger partial charge in [0.05, 0.1) is 5.69 Å². The zero-order valence-electron chi connectivity index (χ0n) is 13.5. The average molecular weight is 298 g/mol. The fourth-order valence-corrected chi connectivity index (χ4v) is 3.67. The molecule has 5 heteroatoms. The maximum atomic E-state index is 12.8. The molecule has 114 valence electrons. The van der Waals surface area contributed by atoms with E-state index < -0.39 is 10.0 Å². The molecule has 0 aliphatic carbocycles. The number of rotatable bonds is 3. The summed E-state index contributed by atoms with van der Waals surface area (Å²) in [5.41, 5.74) is 8.00. The van der Waals surface area contributed by atoms with E-state index in [0.29, 0.717) is 5.69 Å². The maximum absolute atomic E-state index is 12.8. The van der Waals surface area contributed by atoms with Crippen molar-refractivity contribution in [1.29, 1.82) is 0 Å². The lowest BCUT2D eigenvalue weighted by molar-refractivity contribution is 0.216. The van der Waals surface area contributed by atoms with Crippen LogP contribution in [0.4, 0.5) is 5.69 Å². The summed E-state index contributed by atoms with van der Waals surface area (Å²) in [6, 6.07) is 3.25. The van der Waals surface area contributed by atoms with Crippen LogP contribution in [0.5, 0.6) is 0 Å². The highest BCUT2D eigenvalue weighted by Gasteiger charge is 2.33. The standard InChI is InChI=1S/C15H26N2O2S/c1-10-8-13(16)14(9-11(10)2)20(18,19)17(7)12(3)15(4,5)6/h8-9,12H,16H2,1-7H3. The number of hydrogen-bond acceptors (Lipinski definition) is 3. The van der Waals surface area contributed by atoms with Gasteiger partial charge in [-0.1, -0.05) is 20.8 Å². The van der Waals surface area contributed by atoms with Crippen LogP contribution in [0.1, 0.15) is 38.8 Å². The third kappa shape index (κ3) is 3.15. The molecule has 0 fully saturated rings. The molecule has 0 saturated carbocycles. The van der Waals surface area contributed by atoms with Crippen molar-refractivity contribution in [3.8, 4) is 0 Å². The van der Waals surface area contributed by atoms with E-state index in [-0.39, 0.29) is 16.4 Å². The summed E-state index contributed by atoms with van der Waals surface area (Å²) < 4.78 is 26.9. The van der Waals surface area contributed by atoms with E-state index >= 15 is 0 Å². The second kappa shape index (κ2) is 5.37. The molecule has 20 heavy (non-hydrogen) atoms. The third-order valence-electron chi connectivity index (χ3n) is 4.08. The molecule has 0 aliphatic heterocycles. The highest BCUT2D eigenvalue weighted by molar-refractivity contribution is 7.89. The number of nitrogens with two attached hydrogens (primary N) is 1. The summed E-state index contributed by atoms with van der Waals surface area (Å²) in [6.45, 7) is 11.8. The molecular weight excluding hydrogens is 272 g/mol. The predicted octanol–water partition coefficient (Wildman–Crippen LogP) is 2.94. The van der Waals surface area contributed by atoms with E-state index in [1.165, 1.54) is 4.31 Å². The SMILES string of the molecule is Cc1cc(N)c(S(=O)(=O)N(C)C(C)C(C)(C)C)cc1C. The van der Waals surface area contributed by atoms with Gasteiger partial charge in [0, 0.05) is 13.1 Å². The van der Waals surface area contributed by atoms with Crippen LogP contribution in [0.3, 0.4) is 0 Å². The number of sulfonamides is 1. The Bertz CT molecular complexity index is 601. The summed E-state index contributed by atoms with van der Waals surface area (Å²) >= 11 is 0. The van der Waals surface area contributed by atoms with Crippen molar-refractivity contribution in [2.75, 3.05) is 12.8 Å². The molecule has 0 aromatic heterocycles. The smallest absolute Gasteiger partial charge is 0.245 e. The van der Waals surface area contributed by atoms with Crippen LogP contribution in [0.25, 0.3) is 0 Å². The lowest BCUT2D eigenvalue weighted by Crippen LogP contribution is -2.43. The molecule has 0 saturated heterocycles. The highest BCUT2D eigenvalue weighted by atomic mass is 32.2. The van der Waals surface area contributed by atoms with E-state index in [1.807, 2.05) is 41.5 Å². The van der Waals surface area contributed by atoms with E-state index in [9.17, 15) is 8.42 Å². The molecule has 1 aromatic carbocycles. The lowest BCUT2D eigenvalue weighted by Gasteiger charge is -2.34. The molecule has 0 amide bonds. The molecule has 0 heterocycles. The molecule has 0 aliphatic rings. The Labute approximate surface area is 123 Å². The van der Waals surface area contributed by atoms with Gasteiger partial charge in [-0.2, -0.15) is 4.31 Å². The molecule has 0 spiro atoms. The van der Waals surface area contributed by atoms with Crippen molar-refractivity contribution < 1.29 is 8.42 Å². The Hall–Kier alpha value is -1.07. The quantitative estimate of drug-likeness (QED) is 0.873. The van der Waals surface area contributed by atoms with Crippen molar-refractivity contribution in [3.63, 3.8) is 0 Å². The third-order valence-corrected chi connectivity index (χ3v) is 6.07. The second-order valence-corrected chi connectivity index (χ2v) is 8.50. The van der Waals surface area contributed by atoms with Gasteiger partial charge < -0.3 is 5.73 Å². The zero-order valence-corrected chi connectivity index (χ0v) is 14.3. The summed E-state index contributed by atoms with van der Waals surface area (Å²) in [5, 5.41) is 0. The van der Waals surface area contributed by atoms with Crippen molar-refractivity contribution in [1.82, 2.24) is 4.31 Å². The summed E-state index contributed by atoms with van der Waals surface area (Å²) in [4.78, 5) is 0.194. The number of anilines is 1. The molecule has 1 atom stereocenters. The number of aryl methyl sites for hydroxylation is 2. The first-order valence-corrected chi connectivity index (χ1v) is 8.17. The molecule has 0 bridgehead atoms. The van der Waals surface area contributed by atoms with Gasteiger partial charge in [0.2, 0.25) is 10.0 Å². The number of benzene rings is 1. The fraction of sp³-hybridized carbons (Fsp3) is 0.600. The molecule has 1 aromatic rings. The van der Waals surface area contributed by atoms with Crippen LogP contribution in [0, 0.1) is 19.3 Å². The van der Waals surface area contributed by atoms with Gasteiger partial charge >= 0.3 is 0 Å². The van der Waals surface area contributed by atoms with Crippen LogP contribution in [0.2, 0.25) is 0 Å². The average Bonchev–Trinajstić information content (AvgIpc) is 2.30. The number of nitrogens with zero attached hydrogens (tertiary/aromatic N) is 1. The molecule has 2 N–H and O–H groups in total. The van der Waals surface area contributed by atoms with Gasteiger partial charge in [0.15, 0.2) is 0 Å². The Kier molecular flexibility index (Phi) is 4.56. The Morgan fingerprint density at radius 1 is 1.15 bits per heavy atom. The van der Waals surface area contributed by atoms with Gasteiger partial charge in [-0.25, -0.2) is 8.42 Å². The predicted molar refractivity (Wildman–Crippen MR) is 84.2 cm³/mol. The molecule has 1 rings (SSSR count). The molecule has 1 unspecified atom stereocenters. The Balaban J connectivity index is 3.34. The maximum Gasteiger partial charge on any atom is 0.245 e. The van der Waals surface area contributed by atoms with Crippen LogP contribution in [-0.2, 0) is 10.0 Å². The van der Waals surface area contributed by atoms with Crippen LogP contribution in [-0.4, -0.2) is 25.8 Å². The highest BCUT2D eigenvalue weighted by Crippen LogP contribution is 2.30. The first-order valence-electron chi connectivity index (χ1n) is 6.73. The van der Waals surface area contributed by atoms with Crippen molar-refractivity contribution in [2.24, 2.45) is 5.41 Å². The first-order chi connectivity index (χ1) is 8.89. The van der Waals surface area contributed by atoms with Gasteiger partial charge in [-0.3, -0.25) is 0 Å². The molecule has 0 radical (unpaired) electrons. The zero-order chi connectivity index (χ0) is 15.9. The van der Waals surface area contributed by atoms with Gasteiger partial charge in [0.25, 0.3) is 0 Å². The summed E-state index contributed by atoms with van der Waals surface area (Å²) in [7, 11) is -1.97. The van der Waals surface area contributed by atoms with Crippen molar-refractivity contribution in [2.45, 2.75) is 52.5 Å². The summed E-state index contributed by atoms with van der Waals surface area (Å²) in [5.74, 6) is 0. The minimum absolute atomic E-state index is 0.131. The number of nitrogen functional groups attached to an aromatic ring is 1. The Morgan fingerprint density at radius 2 is 1.60 bits per heavy atom. The largest absolute Gasteiger partial charge is 0.398 e. The molecule has 4 nitrogen and oxygen atoms in total. The van der Waals surface area contributed by atoms with E-state index in [1.54, 1.807) is 19.2 Å². The van der Waals surface area contributed by atoms with Crippen molar-refractivity contribution >= 4 is 15.7 Å². The van der Waals surface area contributed by atoms with Crippen LogP contribution < -0.4 is 5.73 Å². The lowest BCUT2D eigenvalue weighted by atomic mass is 9.88. The van der Waals surface area contributed by atoms with Gasteiger partial charge in [0.1, 0.15) is 4.90 Å². The second-order valence-electron chi connectivity index (χ2n) is 6.54. The van der Waals surface area contributed by atoms with E-state index in [4.69, 9.17) is 5.73 Å². The van der Waals surface area contributed by atoms with Crippen molar-refractivity contribution in [3.05, 3.63) is 23.3 Å². The molecular formula is C15H26N2O2S. The normalized spacial score (nSPS) is 14.6. The minimum atomic E-state index is -3.58. The summed E-state index contributed by atoms with van der Waals surface area (Å²) in [6.07, 6.45) is 0. The minimum Gasteiger partial charge on any atom is -0.398 e. The number of hydrogen-bond donors (Lipinski definition) is 1. The van der Waals surface area contributed by atoms with E-state index in [0.717, 1.165) is 11.1 Å².